The lowest BCUT2D eigenvalue weighted by Crippen LogP contribution is -2.10. The number of hydrogen-bond donors (Lipinski definition) is 1. The molecule has 1 fully saturated rings. The zero-order valence-corrected chi connectivity index (χ0v) is 11.6. The highest BCUT2D eigenvalue weighted by Crippen LogP contribution is 2.30. The molecule has 1 aliphatic rings. The van der Waals surface area contributed by atoms with Crippen LogP contribution >= 0.6 is 22.6 Å². The minimum absolute atomic E-state index is 0.267. The molecule has 0 amide bonds. The van der Waals surface area contributed by atoms with Gasteiger partial charge < -0.3 is 4.74 Å². The van der Waals surface area contributed by atoms with Gasteiger partial charge in [-0.1, -0.05) is 0 Å². The lowest BCUT2D eigenvalue weighted by Gasteiger charge is -2.09. The summed E-state index contributed by atoms with van der Waals surface area (Å²) in [7, 11) is -3.27. The van der Waals surface area contributed by atoms with Crippen LogP contribution in [0.2, 0.25) is 0 Å². The summed E-state index contributed by atoms with van der Waals surface area (Å²) in [6.07, 6.45) is 4.96. The number of sulfonamides is 1. The number of pyridine rings is 1. The molecule has 1 heterocycles. The fraction of sp³-hybridized carbons (Fsp3) is 0.444. The number of aromatic nitrogens is 1. The molecule has 1 aromatic rings. The second kappa shape index (κ2) is 4.36. The van der Waals surface area contributed by atoms with Crippen LogP contribution in [-0.4, -0.2) is 25.8 Å². The average Bonchev–Trinajstić information content (AvgIpc) is 2.92. The minimum atomic E-state index is -3.27. The van der Waals surface area contributed by atoms with Gasteiger partial charge in [-0.15, -0.1) is 0 Å². The second-order valence-corrected chi connectivity index (χ2v) is 6.47. The molecule has 5 nitrogen and oxygen atoms in total. The molecule has 0 saturated heterocycles. The quantitative estimate of drug-likeness (QED) is 0.659. The van der Waals surface area contributed by atoms with E-state index in [2.05, 4.69) is 32.3 Å². The van der Waals surface area contributed by atoms with Gasteiger partial charge in [-0.05, 0) is 35.4 Å². The summed E-state index contributed by atoms with van der Waals surface area (Å²) in [5.41, 5.74) is 0.429. The molecule has 0 bridgehead atoms. The number of ether oxygens (including phenoxy) is 1. The van der Waals surface area contributed by atoms with Crippen LogP contribution in [0.25, 0.3) is 0 Å². The predicted octanol–water partition coefficient (Wildman–Crippen LogP) is 1.60. The molecule has 0 spiro atoms. The molecule has 7 heteroatoms. The molecule has 16 heavy (non-hydrogen) atoms. The van der Waals surface area contributed by atoms with E-state index < -0.39 is 10.0 Å². The molecule has 0 unspecified atom stereocenters. The summed E-state index contributed by atoms with van der Waals surface area (Å²) in [5.74, 6) is 0.636. The van der Waals surface area contributed by atoms with E-state index in [4.69, 9.17) is 4.74 Å². The molecule has 1 aromatic heterocycles. The van der Waals surface area contributed by atoms with Gasteiger partial charge in [0.2, 0.25) is 10.0 Å². The Labute approximate surface area is 108 Å². The first-order valence-corrected chi connectivity index (χ1v) is 7.71. The van der Waals surface area contributed by atoms with E-state index in [9.17, 15) is 8.42 Å². The first-order valence-electron chi connectivity index (χ1n) is 4.74. The van der Waals surface area contributed by atoms with Crippen LogP contribution in [0.4, 0.5) is 5.69 Å². The molecule has 0 aromatic carbocycles. The predicted molar refractivity (Wildman–Crippen MR) is 69.1 cm³/mol. The van der Waals surface area contributed by atoms with Crippen LogP contribution in [0.3, 0.4) is 0 Å². The summed E-state index contributed by atoms with van der Waals surface area (Å²) in [5, 5.41) is 0. The molecule has 1 aliphatic carbocycles. The molecule has 2 rings (SSSR count). The summed E-state index contributed by atoms with van der Waals surface area (Å²) >= 11 is 2.06. The summed E-state index contributed by atoms with van der Waals surface area (Å²) in [6, 6.07) is 1.66. The Bertz CT molecular complexity index is 499. The molecular formula is C9H11IN2O3S. The van der Waals surface area contributed by atoms with Gasteiger partial charge in [-0.2, -0.15) is 0 Å². The lowest BCUT2D eigenvalue weighted by atomic mass is 10.4. The van der Waals surface area contributed by atoms with Crippen molar-refractivity contribution in [3.8, 4) is 5.75 Å². The third kappa shape index (κ3) is 3.48. The van der Waals surface area contributed by atoms with Gasteiger partial charge in [0.25, 0.3) is 0 Å². The standard InChI is InChI=1S/C9H11IN2O3S/c1-16(13,14)12-6-4-8(9(10)11-5-6)15-7-2-3-7/h4-5,7,12H,2-3H2,1H3. The highest BCUT2D eigenvalue weighted by Gasteiger charge is 2.24. The van der Waals surface area contributed by atoms with Crippen molar-refractivity contribution in [2.45, 2.75) is 18.9 Å². The monoisotopic (exact) mass is 354 g/mol. The smallest absolute Gasteiger partial charge is 0.229 e. The normalized spacial score (nSPS) is 15.9. The van der Waals surface area contributed by atoms with E-state index in [1.54, 1.807) is 6.07 Å². The van der Waals surface area contributed by atoms with Crippen molar-refractivity contribution in [1.82, 2.24) is 4.98 Å². The molecule has 1 saturated carbocycles. The van der Waals surface area contributed by atoms with E-state index in [1.165, 1.54) is 6.20 Å². The summed E-state index contributed by atoms with van der Waals surface area (Å²) in [6.45, 7) is 0. The van der Waals surface area contributed by atoms with Gasteiger partial charge in [0.15, 0.2) is 5.75 Å². The maximum absolute atomic E-state index is 11.0. The molecular weight excluding hydrogens is 343 g/mol. The maximum atomic E-state index is 11.0. The van der Waals surface area contributed by atoms with E-state index in [0.717, 1.165) is 22.8 Å². The lowest BCUT2D eigenvalue weighted by molar-refractivity contribution is 0.299. The van der Waals surface area contributed by atoms with Gasteiger partial charge in [0, 0.05) is 6.07 Å². The fourth-order valence-electron chi connectivity index (χ4n) is 1.15. The Morgan fingerprint density at radius 2 is 2.25 bits per heavy atom. The van der Waals surface area contributed by atoms with Crippen LogP contribution in [0.15, 0.2) is 12.3 Å². The molecule has 0 aliphatic heterocycles. The van der Waals surface area contributed by atoms with Gasteiger partial charge >= 0.3 is 0 Å². The summed E-state index contributed by atoms with van der Waals surface area (Å²) < 4.78 is 30.8. The van der Waals surface area contributed by atoms with Crippen molar-refractivity contribution in [2.24, 2.45) is 0 Å². The van der Waals surface area contributed by atoms with E-state index in [-0.39, 0.29) is 6.10 Å². The fourth-order valence-corrected chi connectivity index (χ4v) is 2.11. The van der Waals surface area contributed by atoms with Crippen molar-refractivity contribution in [3.05, 3.63) is 16.0 Å². The Morgan fingerprint density at radius 3 is 2.81 bits per heavy atom. The van der Waals surface area contributed by atoms with Crippen molar-refractivity contribution < 1.29 is 13.2 Å². The minimum Gasteiger partial charge on any atom is -0.488 e. The first kappa shape index (κ1) is 11.9. The third-order valence-electron chi connectivity index (χ3n) is 1.93. The highest BCUT2D eigenvalue weighted by molar-refractivity contribution is 14.1. The number of rotatable bonds is 4. The van der Waals surface area contributed by atoms with E-state index in [1.807, 2.05) is 0 Å². The van der Waals surface area contributed by atoms with Gasteiger partial charge in [0.1, 0.15) is 3.70 Å². The number of hydrogen-bond acceptors (Lipinski definition) is 4. The molecule has 1 N–H and O–H groups in total. The Kier molecular flexibility index (Phi) is 3.24. The first-order chi connectivity index (χ1) is 7.44. The largest absolute Gasteiger partial charge is 0.488 e. The number of nitrogens with one attached hydrogen (secondary N) is 1. The Balaban J connectivity index is 2.20. The van der Waals surface area contributed by atoms with Crippen molar-refractivity contribution in [1.29, 1.82) is 0 Å². The average molecular weight is 354 g/mol. The topological polar surface area (TPSA) is 68.3 Å². The van der Waals surface area contributed by atoms with Crippen molar-refractivity contribution in [3.63, 3.8) is 0 Å². The third-order valence-corrected chi connectivity index (χ3v) is 3.34. The number of nitrogens with zero attached hydrogens (tertiary/aromatic N) is 1. The van der Waals surface area contributed by atoms with Crippen molar-refractivity contribution in [2.75, 3.05) is 11.0 Å². The van der Waals surface area contributed by atoms with Crippen LogP contribution < -0.4 is 9.46 Å². The maximum Gasteiger partial charge on any atom is 0.229 e. The molecule has 0 radical (unpaired) electrons. The molecule has 0 atom stereocenters. The number of anilines is 1. The van der Waals surface area contributed by atoms with E-state index >= 15 is 0 Å². The van der Waals surface area contributed by atoms with Crippen LogP contribution in [0.5, 0.6) is 5.75 Å². The zero-order valence-electron chi connectivity index (χ0n) is 8.60. The second-order valence-electron chi connectivity index (χ2n) is 3.70. The van der Waals surface area contributed by atoms with Gasteiger partial charge in [-0.3, -0.25) is 4.72 Å². The van der Waals surface area contributed by atoms with E-state index in [0.29, 0.717) is 11.4 Å². The SMILES string of the molecule is CS(=O)(=O)Nc1cnc(I)c(OC2CC2)c1. The number of halogens is 1. The van der Waals surface area contributed by atoms with Crippen molar-refractivity contribution >= 4 is 38.3 Å². The highest BCUT2D eigenvalue weighted by atomic mass is 127. The van der Waals surface area contributed by atoms with Gasteiger partial charge in [-0.25, -0.2) is 13.4 Å². The summed E-state index contributed by atoms with van der Waals surface area (Å²) in [4.78, 5) is 4.08. The molecule has 88 valence electrons. The van der Waals surface area contributed by atoms with Crippen LogP contribution in [0.1, 0.15) is 12.8 Å². The Morgan fingerprint density at radius 1 is 1.56 bits per heavy atom. The Hall–Kier alpha value is -0.570. The zero-order chi connectivity index (χ0) is 11.8. The van der Waals surface area contributed by atoms with Crippen LogP contribution in [0, 0.1) is 3.70 Å². The van der Waals surface area contributed by atoms with Gasteiger partial charge in [0.05, 0.1) is 24.2 Å². The van der Waals surface area contributed by atoms with Crippen LogP contribution in [-0.2, 0) is 10.0 Å².